The summed E-state index contributed by atoms with van der Waals surface area (Å²) < 4.78 is 30.5. The average Bonchev–Trinajstić information content (AvgIpc) is 3.17. The summed E-state index contributed by atoms with van der Waals surface area (Å²) in [6.07, 6.45) is 1.91. The second kappa shape index (κ2) is 6.79. The van der Waals surface area contributed by atoms with E-state index in [9.17, 15) is 13.2 Å². The van der Waals surface area contributed by atoms with Crippen LogP contribution in [0.1, 0.15) is 12.8 Å². The zero-order chi connectivity index (χ0) is 18.9. The van der Waals surface area contributed by atoms with E-state index in [4.69, 9.17) is 4.74 Å². The number of carbonyl (C=O) groups excluding carboxylic acids is 1. The van der Waals surface area contributed by atoms with Crippen molar-refractivity contribution in [1.82, 2.24) is 10.2 Å². The molecule has 0 saturated carbocycles. The first-order valence-corrected chi connectivity index (χ1v) is 10.1. The molecule has 0 aliphatic carbocycles. The van der Waals surface area contributed by atoms with Crippen LogP contribution in [0.2, 0.25) is 0 Å². The second-order valence-corrected chi connectivity index (χ2v) is 8.81. The Hall–Kier alpha value is -2.71. The van der Waals surface area contributed by atoms with Gasteiger partial charge in [0.05, 0.1) is 16.6 Å². The number of benzene rings is 2. The number of amides is 1. The lowest BCUT2D eigenvalue weighted by atomic mass is 9.97. The van der Waals surface area contributed by atoms with E-state index in [1.807, 2.05) is 6.07 Å². The predicted molar refractivity (Wildman–Crippen MR) is 101 cm³/mol. The van der Waals surface area contributed by atoms with Crippen molar-refractivity contribution in [2.24, 2.45) is 0 Å². The molecule has 0 atom stereocenters. The summed E-state index contributed by atoms with van der Waals surface area (Å²) in [5.41, 5.74) is 1.28. The third kappa shape index (κ3) is 3.00. The average molecular weight is 385 g/mol. The molecule has 140 valence electrons. The van der Waals surface area contributed by atoms with E-state index in [1.165, 1.54) is 12.1 Å². The first kappa shape index (κ1) is 17.7. The Kier molecular flexibility index (Phi) is 4.45. The summed E-state index contributed by atoms with van der Waals surface area (Å²) in [6, 6.07) is 13.4. The Morgan fingerprint density at radius 2 is 1.85 bits per heavy atom. The van der Waals surface area contributed by atoms with E-state index >= 15 is 0 Å². The number of aromatic amines is 1. The summed E-state index contributed by atoms with van der Waals surface area (Å²) in [5, 5.41) is 10.5. The molecule has 2 N–H and O–H groups in total. The largest absolute Gasteiger partial charge is 0.381 e. The predicted octanol–water partition coefficient (Wildman–Crippen LogP) is 2.52. The van der Waals surface area contributed by atoms with Gasteiger partial charge in [0.2, 0.25) is 5.91 Å². The van der Waals surface area contributed by atoms with Crippen LogP contribution in [-0.2, 0) is 19.4 Å². The minimum atomic E-state index is -3.89. The topological polar surface area (TPSA) is 101 Å². The molecule has 0 radical (unpaired) electrons. The van der Waals surface area contributed by atoms with Gasteiger partial charge in [-0.1, -0.05) is 18.2 Å². The number of ether oxygens (including phenoxy) is 1. The molecular formula is C19H19N3O4S. The smallest absolute Gasteiger partial charge is 0.246 e. The number of rotatable bonds is 4. The number of hydrogen-bond acceptors (Lipinski definition) is 5. The van der Waals surface area contributed by atoms with Gasteiger partial charge in [0.25, 0.3) is 0 Å². The van der Waals surface area contributed by atoms with Crippen molar-refractivity contribution in [3.8, 4) is 0 Å². The molecule has 8 heteroatoms. The number of aromatic nitrogens is 2. The van der Waals surface area contributed by atoms with Crippen LogP contribution in [0.25, 0.3) is 10.9 Å². The van der Waals surface area contributed by atoms with Gasteiger partial charge in [-0.2, -0.15) is 5.10 Å². The van der Waals surface area contributed by atoms with Gasteiger partial charge in [-0.05, 0) is 43.2 Å². The van der Waals surface area contributed by atoms with Crippen LogP contribution in [0.15, 0.2) is 59.6 Å². The van der Waals surface area contributed by atoms with Crippen molar-refractivity contribution in [1.29, 1.82) is 0 Å². The molecule has 2 aromatic carbocycles. The standard InChI is InChI=1S/C19H19N3O4S/c23-18(21-15-7-6-14-13-20-22-17(14)12-15)19(8-10-26-11-9-19)27(24,25)16-4-2-1-3-5-16/h1-7,12-13H,8-11H2,(H,20,22)(H,21,23). The molecule has 7 nitrogen and oxygen atoms in total. The SMILES string of the molecule is O=C(Nc1ccc2cn[nH]c2c1)C1(S(=O)(=O)c2ccccc2)CCOCC1. The van der Waals surface area contributed by atoms with E-state index in [0.29, 0.717) is 5.69 Å². The minimum absolute atomic E-state index is 0.113. The first-order chi connectivity index (χ1) is 13.0. The van der Waals surface area contributed by atoms with E-state index in [-0.39, 0.29) is 31.0 Å². The molecule has 1 aliphatic rings. The summed E-state index contributed by atoms with van der Waals surface area (Å²) in [5.74, 6) is -0.534. The second-order valence-electron chi connectivity index (χ2n) is 6.55. The van der Waals surface area contributed by atoms with Crippen molar-refractivity contribution >= 4 is 32.3 Å². The van der Waals surface area contributed by atoms with Crippen LogP contribution in [0.4, 0.5) is 5.69 Å². The van der Waals surface area contributed by atoms with Gasteiger partial charge < -0.3 is 10.1 Å². The zero-order valence-electron chi connectivity index (χ0n) is 14.5. The van der Waals surface area contributed by atoms with Crippen LogP contribution in [0.3, 0.4) is 0 Å². The highest BCUT2D eigenvalue weighted by Gasteiger charge is 2.52. The number of nitrogens with one attached hydrogen (secondary N) is 2. The third-order valence-corrected chi connectivity index (χ3v) is 7.50. The van der Waals surface area contributed by atoms with Crippen molar-refractivity contribution in [3.05, 3.63) is 54.7 Å². The molecule has 1 amide bonds. The number of H-pyrrole nitrogens is 1. The van der Waals surface area contributed by atoms with Gasteiger partial charge in [-0.25, -0.2) is 8.42 Å². The van der Waals surface area contributed by atoms with Crippen LogP contribution in [0.5, 0.6) is 0 Å². The number of fused-ring (bicyclic) bond motifs is 1. The molecule has 4 rings (SSSR count). The lowest BCUT2D eigenvalue weighted by molar-refractivity contribution is -0.121. The van der Waals surface area contributed by atoms with Gasteiger partial charge in [0.1, 0.15) is 0 Å². The van der Waals surface area contributed by atoms with E-state index in [2.05, 4.69) is 15.5 Å². The molecule has 1 aromatic heterocycles. The number of anilines is 1. The monoisotopic (exact) mass is 385 g/mol. The molecule has 0 bridgehead atoms. The lowest BCUT2D eigenvalue weighted by Crippen LogP contribution is -2.53. The van der Waals surface area contributed by atoms with Gasteiger partial charge >= 0.3 is 0 Å². The molecule has 2 heterocycles. The highest BCUT2D eigenvalue weighted by atomic mass is 32.2. The fourth-order valence-electron chi connectivity index (χ4n) is 3.40. The highest BCUT2D eigenvalue weighted by Crippen LogP contribution is 2.36. The Morgan fingerprint density at radius 3 is 2.59 bits per heavy atom. The van der Waals surface area contributed by atoms with Gasteiger partial charge in [-0.15, -0.1) is 0 Å². The van der Waals surface area contributed by atoms with Crippen LogP contribution < -0.4 is 5.32 Å². The fourth-order valence-corrected chi connectivity index (χ4v) is 5.37. The number of hydrogen-bond donors (Lipinski definition) is 2. The molecular weight excluding hydrogens is 366 g/mol. The Bertz CT molecular complexity index is 1070. The molecule has 1 saturated heterocycles. The van der Waals surface area contributed by atoms with Crippen molar-refractivity contribution < 1.29 is 17.9 Å². The summed E-state index contributed by atoms with van der Waals surface area (Å²) >= 11 is 0. The van der Waals surface area contributed by atoms with Gasteiger partial charge in [-0.3, -0.25) is 9.89 Å². The highest BCUT2D eigenvalue weighted by molar-refractivity contribution is 7.93. The van der Waals surface area contributed by atoms with Crippen LogP contribution >= 0.6 is 0 Å². The molecule has 0 unspecified atom stereocenters. The molecule has 0 spiro atoms. The van der Waals surface area contributed by atoms with Crippen molar-refractivity contribution in [2.75, 3.05) is 18.5 Å². The number of carbonyl (C=O) groups is 1. The van der Waals surface area contributed by atoms with Gasteiger partial charge in [0, 0.05) is 24.3 Å². The summed E-state index contributed by atoms with van der Waals surface area (Å²) in [6.45, 7) is 0.443. The van der Waals surface area contributed by atoms with Crippen LogP contribution in [-0.4, -0.2) is 42.5 Å². The first-order valence-electron chi connectivity index (χ1n) is 8.65. The summed E-state index contributed by atoms with van der Waals surface area (Å²) in [7, 11) is -3.89. The molecule has 1 aliphatic heterocycles. The lowest BCUT2D eigenvalue weighted by Gasteiger charge is -2.35. The number of nitrogens with zero attached hydrogens (tertiary/aromatic N) is 1. The molecule has 1 fully saturated rings. The normalized spacial score (nSPS) is 16.9. The van der Waals surface area contributed by atoms with E-state index in [0.717, 1.165) is 10.9 Å². The van der Waals surface area contributed by atoms with Crippen LogP contribution in [0, 0.1) is 0 Å². The quantitative estimate of drug-likeness (QED) is 0.719. The Labute approximate surface area is 156 Å². The van der Waals surface area contributed by atoms with Gasteiger partial charge in [0.15, 0.2) is 14.6 Å². The molecule has 3 aromatic rings. The Balaban J connectivity index is 1.71. The minimum Gasteiger partial charge on any atom is -0.381 e. The molecule has 27 heavy (non-hydrogen) atoms. The summed E-state index contributed by atoms with van der Waals surface area (Å²) in [4.78, 5) is 13.4. The maximum absolute atomic E-state index is 13.4. The fraction of sp³-hybridized carbons (Fsp3) is 0.263. The maximum Gasteiger partial charge on any atom is 0.246 e. The number of sulfone groups is 1. The van der Waals surface area contributed by atoms with E-state index in [1.54, 1.807) is 36.5 Å². The van der Waals surface area contributed by atoms with Crippen molar-refractivity contribution in [2.45, 2.75) is 22.5 Å². The van der Waals surface area contributed by atoms with E-state index < -0.39 is 20.5 Å². The maximum atomic E-state index is 13.4. The van der Waals surface area contributed by atoms with Crippen molar-refractivity contribution in [3.63, 3.8) is 0 Å². The third-order valence-electron chi connectivity index (χ3n) is 4.98. The Morgan fingerprint density at radius 1 is 1.11 bits per heavy atom. The zero-order valence-corrected chi connectivity index (χ0v) is 15.3.